The second-order valence-corrected chi connectivity index (χ2v) is 23.3. The van der Waals surface area contributed by atoms with Crippen LogP contribution in [0.25, 0.3) is 0 Å². The van der Waals surface area contributed by atoms with Crippen molar-refractivity contribution in [3.05, 3.63) is 12.2 Å². The molecule has 3 heterocycles. The van der Waals surface area contributed by atoms with Crippen molar-refractivity contribution in [3.8, 4) is 0 Å². The van der Waals surface area contributed by atoms with Gasteiger partial charge >= 0.3 is 6.03 Å². The summed E-state index contributed by atoms with van der Waals surface area (Å²) < 4.78 is 33.3. The molecule has 5 atom stereocenters. The Kier molecular flexibility index (Phi) is 44.0. The van der Waals surface area contributed by atoms with Gasteiger partial charge in [0.15, 0.2) is 0 Å². The first kappa shape index (κ1) is 78.2. The molecule has 0 aromatic heterocycles. The number of carbonyl (C=O) groups excluding carboxylic acids is 11. The highest BCUT2D eigenvalue weighted by molar-refractivity contribution is 8.00. The molecule has 29 nitrogen and oxygen atoms in total. The molecular weight excluding hydrogens is 1190 g/mol. The summed E-state index contributed by atoms with van der Waals surface area (Å²) in [7, 11) is 0. The van der Waals surface area contributed by atoms with Gasteiger partial charge in [-0.05, 0) is 96.4 Å². The van der Waals surface area contributed by atoms with E-state index in [1.165, 1.54) is 17.1 Å². The van der Waals surface area contributed by atoms with Crippen LogP contribution in [0.2, 0.25) is 0 Å². The quantitative estimate of drug-likeness (QED) is 0.0213. The Labute approximate surface area is 534 Å². The maximum absolute atomic E-state index is 13.0. The van der Waals surface area contributed by atoms with Gasteiger partial charge in [-0.15, -0.1) is 0 Å². The normalized spacial score (nSPS) is 16.4. The van der Waals surface area contributed by atoms with Gasteiger partial charge in [0.25, 0.3) is 11.8 Å². The number of nitrogens with zero attached hydrogens (tertiary/aromatic N) is 1. The van der Waals surface area contributed by atoms with E-state index in [0.717, 1.165) is 31.4 Å². The molecule has 5 unspecified atom stereocenters. The summed E-state index contributed by atoms with van der Waals surface area (Å²) in [5, 5.41) is 25.8. The number of ether oxygens (including phenoxy) is 6. The van der Waals surface area contributed by atoms with E-state index in [4.69, 9.17) is 39.9 Å². The molecule has 13 N–H and O–H groups in total. The summed E-state index contributed by atoms with van der Waals surface area (Å²) in [5.74, 6) is -2.20. The van der Waals surface area contributed by atoms with Gasteiger partial charge in [0.05, 0.1) is 64.9 Å². The number of primary amides is 1. The van der Waals surface area contributed by atoms with Crippen LogP contribution in [-0.2, 0) is 76.4 Å². The third-order valence-corrected chi connectivity index (χ3v) is 16.1. The highest BCUT2D eigenvalue weighted by Crippen LogP contribution is 2.33. The molecule has 2 saturated heterocycles. The van der Waals surface area contributed by atoms with Crippen LogP contribution < -0.4 is 59.3 Å². The first-order chi connectivity index (χ1) is 43.7. The maximum atomic E-state index is 13.0. The topological polar surface area (TPSA) is 407 Å². The first-order valence-corrected chi connectivity index (χ1v) is 33.3. The minimum Gasteiger partial charge on any atom is -0.379 e. The van der Waals surface area contributed by atoms with Gasteiger partial charge in [0.1, 0.15) is 12.1 Å². The fourth-order valence-electron chi connectivity index (χ4n) is 9.55. The van der Waals surface area contributed by atoms with Crippen LogP contribution in [0.15, 0.2) is 12.2 Å². The number of unbranched alkanes of at least 4 members (excludes halogenated alkanes) is 5. The maximum Gasteiger partial charge on any atom is 0.315 e. The number of urea groups is 1. The van der Waals surface area contributed by atoms with Gasteiger partial charge in [-0.1, -0.05) is 12.8 Å². The first-order valence-electron chi connectivity index (χ1n) is 32.3. The summed E-state index contributed by atoms with van der Waals surface area (Å²) in [6, 6.07) is -1.40. The zero-order valence-corrected chi connectivity index (χ0v) is 53.5. The Morgan fingerprint density at radius 2 is 0.900 bits per heavy atom. The summed E-state index contributed by atoms with van der Waals surface area (Å²) in [6.45, 7) is 7.46. The highest BCUT2D eigenvalue weighted by Gasteiger charge is 2.42. The highest BCUT2D eigenvalue weighted by atomic mass is 32.2. The number of amides is 12. The molecule has 3 aliphatic rings. The largest absolute Gasteiger partial charge is 0.379 e. The Balaban J connectivity index is 1.04. The van der Waals surface area contributed by atoms with E-state index in [9.17, 15) is 52.7 Å². The number of nitrogens with two attached hydrogens (primary N) is 2. The second-order valence-electron chi connectivity index (χ2n) is 22.0. The lowest BCUT2D eigenvalue weighted by atomic mass is 10.0. The van der Waals surface area contributed by atoms with Crippen molar-refractivity contribution in [2.24, 2.45) is 11.5 Å². The van der Waals surface area contributed by atoms with Crippen LogP contribution in [0, 0.1) is 0 Å². The van der Waals surface area contributed by atoms with Crippen molar-refractivity contribution in [1.82, 2.24) is 52.8 Å². The van der Waals surface area contributed by atoms with Gasteiger partial charge in [0.2, 0.25) is 47.3 Å². The van der Waals surface area contributed by atoms with Gasteiger partial charge in [-0.2, -0.15) is 11.8 Å². The Hall–Kier alpha value is -6.02. The van der Waals surface area contributed by atoms with E-state index < -0.39 is 29.8 Å². The SMILES string of the molecule is NCCCCC(NC(=O)CCC(=O)NCCCOCCOCCOCCCNC(=O)CCCCCN1C(=O)C=CC1=O)C(=O)NCCCOCCOCCOCCCNC(=O)CCC(=O)NC(CCCCNC(=O)CCCCC1SCC2NC(=O)NC21)C(N)=O. The molecule has 3 aliphatic heterocycles. The molecule has 0 spiro atoms. The lowest BCUT2D eigenvalue weighted by Crippen LogP contribution is -2.47. The molecule has 512 valence electrons. The third kappa shape index (κ3) is 38.6. The molecule has 90 heavy (non-hydrogen) atoms. The van der Waals surface area contributed by atoms with Crippen LogP contribution in [0.5, 0.6) is 0 Å². The molecule has 12 amide bonds. The Bertz CT molecular complexity index is 2170. The van der Waals surface area contributed by atoms with Crippen LogP contribution in [0.4, 0.5) is 4.79 Å². The van der Waals surface area contributed by atoms with Gasteiger partial charge in [-0.3, -0.25) is 52.8 Å². The summed E-state index contributed by atoms with van der Waals surface area (Å²) in [5.41, 5.74) is 11.2. The lowest BCUT2D eigenvalue weighted by molar-refractivity contribution is -0.137. The summed E-state index contributed by atoms with van der Waals surface area (Å²) >= 11 is 1.85. The number of hydrogen-bond acceptors (Lipinski definition) is 19. The Morgan fingerprint density at radius 3 is 1.40 bits per heavy atom. The molecule has 0 bridgehead atoms. The average Bonchev–Trinajstić information content (AvgIpc) is 2.30. The van der Waals surface area contributed by atoms with E-state index in [1.807, 2.05) is 11.8 Å². The Morgan fingerprint density at radius 1 is 0.478 bits per heavy atom. The van der Waals surface area contributed by atoms with Crippen molar-refractivity contribution in [2.45, 2.75) is 171 Å². The number of thioether (sulfide) groups is 1. The average molecular weight is 1300 g/mol. The van der Waals surface area contributed by atoms with Gasteiger partial charge < -0.3 is 87.7 Å². The van der Waals surface area contributed by atoms with Crippen molar-refractivity contribution in [3.63, 3.8) is 0 Å². The minimum absolute atomic E-state index is 0.0315. The second kappa shape index (κ2) is 50.6. The van der Waals surface area contributed by atoms with E-state index >= 15 is 0 Å². The minimum atomic E-state index is -0.878. The van der Waals surface area contributed by atoms with E-state index in [0.29, 0.717) is 220 Å². The summed E-state index contributed by atoms with van der Waals surface area (Å²) in [4.78, 5) is 135. The van der Waals surface area contributed by atoms with Crippen molar-refractivity contribution < 1.29 is 81.2 Å². The van der Waals surface area contributed by atoms with Crippen molar-refractivity contribution in [2.75, 3.05) is 131 Å². The van der Waals surface area contributed by atoms with Crippen LogP contribution in [-0.4, -0.2) is 230 Å². The predicted octanol–water partition coefficient (Wildman–Crippen LogP) is -0.247. The number of nitrogens with one attached hydrogen (secondary N) is 9. The fraction of sp³-hybridized carbons (Fsp3) is 0.783. The molecule has 30 heteroatoms. The molecular formula is C60H104N12O17S. The molecule has 2 fully saturated rings. The number of fused-ring (bicyclic) bond motifs is 1. The predicted molar refractivity (Wildman–Crippen MR) is 335 cm³/mol. The zero-order chi connectivity index (χ0) is 65.2. The van der Waals surface area contributed by atoms with Crippen molar-refractivity contribution >= 4 is 76.9 Å². The molecule has 0 aliphatic carbocycles. The number of carbonyl (C=O) groups is 11. The number of rotatable bonds is 58. The third-order valence-electron chi connectivity index (χ3n) is 14.6. The number of hydrogen-bond donors (Lipinski definition) is 11. The van der Waals surface area contributed by atoms with Crippen LogP contribution in [0.3, 0.4) is 0 Å². The fourth-order valence-corrected chi connectivity index (χ4v) is 11.1. The molecule has 3 rings (SSSR count). The molecule has 0 aromatic rings. The zero-order valence-electron chi connectivity index (χ0n) is 52.7. The van der Waals surface area contributed by atoms with Crippen LogP contribution >= 0.6 is 11.8 Å². The lowest BCUT2D eigenvalue weighted by Gasteiger charge is -2.18. The smallest absolute Gasteiger partial charge is 0.315 e. The summed E-state index contributed by atoms with van der Waals surface area (Å²) in [6.07, 6.45) is 13.3. The number of imide groups is 1. The van der Waals surface area contributed by atoms with E-state index in [2.05, 4.69) is 47.9 Å². The standard InChI is InChI=1S/C60H104N12O17S/c61-25-7-5-15-46(69-54(78)22-20-52(76)66-29-12-34-86-37-41-88-40-36-84-32-10-27-64-49(73)17-2-1-9-31-72-55(79)23-24-56(72)80)59(82)67-30-13-35-87-39-43-89-42-38-85-33-11-28-65-51(75)19-21-53(77)68-45(58(62)81)14-6-8-26-63-50(74)18-4-3-16-48-57-47(44-90-48)70-60(83)71-57/h23-24,45-48,57H,1-22,25-44,61H2,(H2,62,81)(H,63,74)(H,64,73)(H,65,75)(H,66,76)(H,67,82)(H,68,77)(H,69,78)(H2,70,71,83). The van der Waals surface area contributed by atoms with Gasteiger partial charge in [-0.25, -0.2) is 4.79 Å². The molecule has 0 radical (unpaired) electrons. The van der Waals surface area contributed by atoms with E-state index in [-0.39, 0.29) is 85.1 Å². The monoisotopic (exact) mass is 1300 g/mol. The van der Waals surface area contributed by atoms with Crippen LogP contribution in [0.1, 0.15) is 141 Å². The van der Waals surface area contributed by atoms with Crippen molar-refractivity contribution in [1.29, 1.82) is 0 Å². The molecule has 0 aromatic carbocycles. The van der Waals surface area contributed by atoms with E-state index in [1.54, 1.807) is 0 Å². The van der Waals surface area contributed by atoms with Gasteiger partial charge in [0, 0.05) is 127 Å². The molecule has 0 saturated carbocycles.